The number of hydrogen-bond acceptors (Lipinski definition) is 3. The summed E-state index contributed by atoms with van der Waals surface area (Å²) in [7, 11) is 1.68. The molecule has 1 fully saturated rings. The van der Waals surface area contributed by atoms with E-state index >= 15 is 0 Å². The molecule has 106 valence electrons. The number of ether oxygens (including phenoxy) is 1. The highest BCUT2D eigenvalue weighted by atomic mass is 16.5. The summed E-state index contributed by atoms with van der Waals surface area (Å²) in [4.78, 5) is 7.06. The monoisotopic (exact) mass is 262 g/mol. The van der Waals surface area contributed by atoms with Crippen LogP contribution in [0.15, 0.2) is 12.3 Å². The molecule has 0 aliphatic carbocycles. The molecule has 1 aliphatic heterocycles. The Balaban J connectivity index is 2.19. The molecule has 19 heavy (non-hydrogen) atoms. The first-order valence-electron chi connectivity index (χ1n) is 7.36. The highest BCUT2D eigenvalue weighted by Gasteiger charge is 2.25. The second-order valence-corrected chi connectivity index (χ2v) is 6.00. The van der Waals surface area contributed by atoms with E-state index in [1.807, 2.05) is 6.20 Å². The van der Waals surface area contributed by atoms with Gasteiger partial charge in [0.1, 0.15) is 0 Å². The predicted octanol–water partition coefficient (Wildman–Crippen LogP) is 3.58. The second-order valence-electron chi connectivity index (χ2n) is 6.00. The van der Waals surface area contributed by atoms with E-state index in [4.69, 9.17) is 4.74 Å². The molecular formula is C16H26N2O. The van der Waals surface area contributed by atoms with Gasteiger partial charge in [0.25, 0.3) is 0 Å². The molecule has 0 radical (unpaired) electrons. The SMILES string of the molecule is COc1ncc([C@@H]2CCCCN2CC(C)C)cc1C. The largest absolute Gasteiger partial charge is 0.481 e. The molecule has 0 N–H and O–H groups in total. The molecule has 0 unspecified atom stereocenters. The summed E-state index contributed by atoms with van der Waals surface area (Å²) in [5, 5.41) is 0. The van der Waals surface area contributed by atoms with Crippen molar-refractivity contribution in [2.24, 2.45) is 5.92 Å². The van der Waals surface area contributed by atoms with Gasteiger partial charge in [0.15, 0.2) is 0 Å². The van der Waals surface area contributed by atoms with Crippen molar-refractivity contribution in [1.29, 1.82) is 0 Å². The average molecular weight is 262 g/mol. The topological polar surface area (TPSA) is 25.4 Å². The maximum absolute atomic E-state index is 5.25. The Hall–Kier alpha value is -1.09. The standard InChI is InChI=1S/C16H26N2O/c1-12(2)11-18-8-6-5-7-15(18)14-9-13(3)16(19-4)17-10-14/h9-10,12,15H,5-8,11H2,1-4H3/t15-/m0/s1. The van der Waals surface area contributed by atoms with E-state index < -0.39 is 0 Å². The van der Waals surface area contributed by atoms with Gasteiger partial charge in [-0.05, 0) is 43.9 Å². The molecule has 1 aromatic rings. The maximum Gasteiger partial charge on any atom is 0.215 e. The van der Waals surface area contributed by atoms with E-state index in [0.29, 0.717) is 12.0 Å². The smallest absolute Gasteiger partial charge is 0.215 e. The number of likely N-dealkylation sites (tertiary alicyclic amines) is 1. The van der Waals surface area contributed by atoms with Gasteiger partial charge < -0.3 is 4.74 Å². The number of nitrogens with zero attached hydrogens (tertiary/aromatic N) is 2. The third-order valence-electron chi connectivity index (χ3n) is 3.84. The summed E-state index contributed by atoms with van der Waals surface area (Å²) in [6.45, 7) is 9.06. The van der Waals surface area contributed by atoms with Gasteiger partial charge in [-0.3, -0.25) is 4.90 Å². The fourth-order valence-electron chi connectivity index (χ4n) is 3.04. The zero-order valence-corrected chi connectivity index (χ0v) is 12.6. The number of aryl methyl sites for hydroxylation is 1. The quantitative estimate of drug-likeness (QED) is 0.829. The Kier molecular flexibility index (Phi) is 4.81. The zero-order valence-electron chi connectivity index (χ0n) is 12.6. The van der Waals surface area contributed by atoms with E-state index in [2.05, 4.69) is 36.7 Å². The summed E-state index contributed by atoms with van der Waals surface area (Å²) in [6.07, 6.45) is 5.89. The molecule has 2 rings (SSSR count). The summed E-state index contributed by atoms with van der Waals surface area (Å²) in [6, 6.07) is 2.78. The van der Waals surface area contributed by atoms with Crippen molar-refractivity contribution < 1.29 is 4.74 Å². The van der Waals surface area contributed by atoms with Crippen LogP contribution in [0, 0.1) is 12.8 Å². The van der Waals surface area contributed by atoms with Gasteiger partial charge >= 0.3 is 0 Å². The molecule has 0 aromatic carbocycles. The van der Waals surface area contributed by atoms with Crippen molar-refractivity contribution >= 4 is 0 Å². The molecule has 2 heterocycles. The fraction of sp³-hybridized carbons (Fsp3) is 0.688. The van der Waals surface area contributed by atoms with Crippen molar-refractivity contribution in [3.8, 4) is 5.88 Å². The van der Waals surface area contributed by atoms with Crippen LogP contribution in [0.4, 0.5) is 0 Å². The predicted molar refractivity (Wildman–Crippen MR) is 78.5 cm³/mol. The number of hydrogen-bond donors (Lipinski definition) is 0. The molecule has 1 atom stereocenters. The Morgan fingerprint density at radius 2 is 2.21 bits per heavy atom. The van der Waals surface area contributed by atoms with Gasteiger partial charge in [-0.15, -0.1) is 0 Å². The molecule has 0 bridgehead atoms. The van der Waals surface area contributed by atoms with Crippen LogP contribution in [0.1, 0.15) is 50.3 Å². The Morgan fingerprint density at radius 3 is 2.84 bits per heavy atom. The highest BCUT2D eigenvalue weighted by Crippen LogP contribution is 2.32. The van der Waals surface area contributed by atoms with Crippen molar-refractivity contribution in [2.45, 2.75) is 46.1 Å². The summed E-state index contributed by atoms with van der Waals surface area (Å²) in [5.41, 5.74) is 2.48. The van der Waals surface area contributed by atoms with Crippen molar-refractivity contribution in [1.82, 2.24) is 9.88 Å². The minimum atomic E-state index is 0.535. The number of aromatic nitrogens is 1. The highest BCUT2D eigenvalue weighted by molar-refractivity contribution is 5.30. The van der Waals surface area contributed by atoms with Crippen LogP contribution in [-0.2, 0) is 0 Å². The van der Waals surface area contributed by atoms with E-state index in [9.17, 15) is 0 Å². The Morgan fingerprint density at radius 1 is 1.42 bits per heavy atom. The number of pyridine rings is 1. The van der Waals surface area contributed by atoms with Crippen LogP contribution in [0.2, 0.25) is 0 Å². The second kappa shape index (κ2) is 6.38. The first kappa shape index (κ1) is 14.3. The Bertz CT molecular complexity index is 417. The molecule has 1 saturated heterocycles. The van der Waals surface area contributed by atoms with Crippen LogP contribution < -0.4 is 4.74 Å². The molecule has 0 saturated carbocycles. The molecule has 0 amide bonds. The van der Waals surface area contributed by atoms with E-state index in [1.165, 1.54) is 37.9 Å². The summed E-state index contributed by atoms with van der Waals surface area (Å²) >= 11 is 0. The van der Waals surface area contributed by atoms with Crippen molar-refractivity contribution in [2.75, 3.05) is 20.2 Å². The van der Waals surface area contributed by atoms with E-state index in [-0.39, 0.29) is 0 Å². The molecule has 0 spiro atoms. The first-order valence-corrected chi connectivity index (χ1v) is 7.36. The normalized spacial score (nSPS) is 20.8. The average Bonchev–Trinajstić information content (AvgIpc) is 2.38. The number of rotatable bonds is 4. The third kappa shape index (κ3) is 3.47. The molecule has 3 nitrogen and oxygen atoms in total. The van der Waals surface area contributed by atoms with Gasteiger partial charge in [0, 0.05) is 24.3 Å². The van der Waals surface area contributed by atoms with Crippen LogP contribution in [-0.4, -0.2) is 30.1 Å². The van der Waals surface area contributed by atoms with Crippen LogP contribution in [0.25, 0.3) is 0 Å². The maximum atomic E-state index is 5.25. The van der Waals surface area contributed by atoms with Crippen LogP contribution in [0.5, 0.6) is 5.88 Å². The minimum Gasteiger partial charge on any atom is -0.481 e. The van der Waals surface area contributed by atoms with Gasteiger partial charge in [-0.2, -0.15) is 0 Å². The van der Waals surface area contributed by atoms with Gasteiger partial charge in [-0.1, -0.05) is 20.3 Å². The summed E-state index contributed by atoms with van der Waals surface area (Å²) < 4.78 is 5.25. The van der Waals surface area contributed by atoms with Crippen LogP contribution >= 0.6 is 0 Å². The van der Waals surface area contributed by atoms with Crippen molar-refractivity contribution in [3.63, 3.8) is 0 Å². The molecule has 1 aromatic heterocycles. The summed E-state index contributed by atoms with van der Waals surface area (Å²) in [5.74, 6) is 1.46. The third-order valence-corrected chi connectivity index (χ3v) is 3.84. The lowest BCUT2D eigenvalue weighted by atomic mass is 9.94. The fourth-order valence-corrected chi connectivity index (χ4v) is 3.04. The van der Waals surface area contributed by atoms with Crippen molar-refractivity contribution in [3.05, 3.63) is 23.4 Å². The van der Waals surface area contributed by atoms with Crippen LogP contribution in [0.3, 0.4) is 0 Å². The van der Waals surface area contributed by atoms with E-state index in [0.717, 1.165) is 11.4 Å². The number of methoxy groups -OCH3 is 1. The Labute approximate surface area is 117 Å². The molecular weight excluding hydrogens is 236 g/mol. The van der Waals surface area contributed by atoms with Gasteiger partial charge in [0.05, 0.1) is 7.11 Å². The number of piperidine rings is 1. The van der Waals surface area contributed by atoms with Gasteiger partial charge in [0.2, 0.25) is 5.88 Å². The van der Waals surface area contributed by atoms with Gasteiger partial charge in [-0.25, -0.2) is 4.98 Å². The lowest BCUT2D eigenvalue weighted by molar-refractivity contribution is 0.132. The molecule has 1 aliphatic rings. The minimum absolute atomic E-state index is 0.535. The zero-order chi connectivity index (χ0) is 13.8. The van der Waals surface area contributed by atoms with E-state index in [1.54, 1.807) is 7.11 Å². The first-order chi connectivity index (χ1) is 9.11. The molecule has 3 heteroatoms. The lowest BCUT2D eigenvalue weighted by Gasteiger charge is -2.37. The lowest BCUT2D eigenvalue weighted by Crippen LogP contribution is -2.36.